The molecule has 0 aliphatic heterocycles. The van der Waals surface area contributed by atoms with Crippen LogP contribution in [0.5, 0.6) is 0 Å². The van der Waals surface area contributed by atoms with Gasteiger partial charge in [0.25, 0.3) is 0 Å². The Hall–Kier alpha value is -1.11. The molecule has 0 amide bonds. The third-order valence-corrected chi connectivity index (χ3v) is 3.03. The lowest BCUT2D eigenvalue weighted by atomic mass is 10.2. The van der Waals surface area contributed by atoms with Gasteiger partial charge in [-0.25, -0.2) is 0 Å². The van der Waals surface area contributed by atoms with Crippen LogP contribution in [0.2, 0.25) is 0 Å². The molecule has 0 N–H and O–H groups in total. The van der Waals surface area contributed by atoms with Crippen molar-refractivity contribution in [3.63, 3.8) is 0 Å². The van der Waals surface area contributed by atoms with Crippen molar-refractivity contribution in [3.8, 4) is 0 Å². The minimum atomic E-state index is -0.382. The number of esters is 2. The monoisotopic (exact) mass is 376 g/mol. The van der Waals surface area contributed by atoms with E-state index < -0.39 is 0 Å². The second kappa shape index (κ2) is 8.90. The zero-order valence-electron chi connectivity index (χ0n) is 10.9. The van der Waals surface area contributed by atoms with Crippen LogP contribution < -0.4 is 0 Å². The molecule has 0 saturated carbocycles. The molecule has 0 saturated heterocycles. The maximum Gasteiger partial charge on any atom is 0.306 e. The summed E-state index contributed by atoms with van der Waals surface area (Å²) in [6.45, 7) is 2.55. The molecule has 1 aromatic carbocycles. The lowest BCUT2D eigenvalue weighted by Crippen LogP contribution is -2.10. The van der Waals surface area contributed by atoms with Gasteiger partial charge in [-0.1, -0.05) is 19.1 Å². The summed E-state index contributed by atoms with van der Waals surface area (Å²) in [4.78, 5) is 22.6. The van der Waals surface area contributed by atoms with Crippen molar-refractivity contribution < 1.29 is 19.1 Å². The first-order valence-electron chi connectivity index (χ1n) is 6.17. The number of halogens is 1. The van der Waals surface area contributed by atoms with Gasteiger partial charge in [0.1, 0.15) is 6.61 Å². The predicted octanol–water partition coefficient (Wildman–Crippen LogP) is 3.07. The highest BCUT2D eigenvalue weighted by molar-refractivity contribution is 14.1. The van der Waals surface area contributed by atoms with Gasteiger partial charge in [0.2, 0.25) is 0 Å². The zero-order valence-corrected chi connectivity index (χ0v) is 13.0. The molecule has 0 spiro atoms. The summed E-state index contributed by atoms with van der Waals surface area (Å²) in [5.74, 6) is -0.736. The van der Waals surface area contributed by atoms with E-state index in [1.54, 1.807) is 0 Å². The molecule has 0 aliphatic carbocycles. The first-order valence-corrected chi connectivity index (χ1v) is 7.25. The maximum atomic E-state index is 11.4. The van der Waals surface area contributed by atoms with E-state index in [2.05, 4.69) is 22.6 Å². The van der Waals surface area contributed by atoms with Gasteiger partial charge in [-0.15, -0.1) is 0 Å². The van der Waals surface area contributed by atoms with Crippen LogP contribution in [-0.4, -0.2) is 18.5 Å². The van der Waals surface area contributed by atoms with Crippen LogP contribution in [0.4, 0.5) is 0 Å². The van der Waals surface area contributed by atoms with E-state index in [0.717, 1.165) is 15.6 Å². The molecule has 0 aliphatic rings. The number of ether oxygens (including phenoxy) is 2. The van der Waals surface area contributed by atoms with Crippen molar-refractivity contribution in [2.75, 3.05) is 6.61 Å². The van der Waals surface area contributed by atoms with E-state index in [-0.39, 0.29) is 31.4 Å². The summed E-state index contributed by atoms with van der Waals surface area (Å²) in [7, 11) is 0. The molecule has 0 unspecified atom stereocenters. The van der Waals surface area contributed by atoms with Crippen LogP contribution >= 0.6 is 22.6 Å². The Morgan fingerprint density at radius 3 is 2.21 bits per heavy atom. The Labute approximate surface area is 126 Å². The van der Waals surface area contributed by atoms with E-state index in [4.69, 9.17) is 9.47 Å². The van der Waals surface area contributed by atoms with Gasteiger partial charge in [0, 0.05) is 3.57 Å². The van der Waals surface area contributed by atoms with E-state index in [1.807, 2.05) is 31.2 Å². The van der Waals surface area contributed by atoms with Gasteiger partial charge in [-0.2, -0.15) is 0 Å². The first kappa shape index (κ1) is 15.9. The molecule has 5 heteroatoms. The lowest BCUT2D eigenvalue weighted by Gasteiger charge is -2.05. The van der Waals surface area contributed by atoms with E-state index >= 15 is 0 Å². The van der Waals surface area contributed by atoms with Crippen molar-refractivity contribution in [3.05, 3.63) is 33.4 Å². The van der Waals surface area contributed by atoms with Crippen molar-refractivity contribution in [2.45, 2.75) is 32.8 Å². The summed E-state index contributed by atoms with van der Waals surface area (Å²) in [6, 6.07) is 7.72. The number of hydrogen-bond acceptors (Lipinski definition) is 4. The van der Waals surface area contributed by atoms with Crippen molar-refractivity contribution >= 4 is 34.5 Å². The van der Waals surface area contributed by atoms with Crippen molar-refractivity contribution in [1.29, 1.82) is 0 Å². The lowest BCUT2D eigenvalue weighted by molar-refractivity contribution is -0.151. The molecular formula is C14H17IO4. The summed E-state index contributed by atoms with van der Waals surface area (Å²) >= 11 is 2.21. The molecule has 104 valence electrons. The minimum Gasteiger partial charge on any atom is -0.466 e. The number of rotatable bonds is 7. The summed E-state index contributed by atoms with van der Waals surface area (Å²) in [5.41, 5.74) is 0.933. The quantitative estimate of drug-likeness (QED) is 0.542. The smallest absolute Gasteiger partial charge is 0.306 e. The standard InChI is InChI=1S/C14H17IO4/c1-2-9-18-13(16)7-8-14(17)19-10-11-3-5-12(15)6-4-11/h3-6H,2,7-10H2,1H3. The van der Waals surface area contributed by atoms with Gasteiger partial charge >= 0.3 is 11.9 Å². The Morgan fingerprint density at radius 1 is 1.05 bits per heavy atom. The Kier molecular flexibility index (Phi) is 7.47. The largest absolute Gasteiger partial charge is 0.466 e. The molecule has 0 fully saturated rings. The van der Waals surface area contributed by atoms with E-state index in [1.165, 1.54) is 0 Å². The Bertz CT molecular complexity index is 414. The number of benzene rings is 1. The molecular weight excluding hydrogens is 359 g/mol. The average molecular weight is 376 g/mol. The van der Waals surface area contributed by atoms with Gasteiger partial charge in [0.15, 0.2) is 0 Å². The SMILES string of the molecule is CCCOC(=O)CCC(=O)OCc1ccc(I)cc1. The number of hydrogen-bond donors (Lipinski definition) is 0. The second-order valence-electron chi connectivity index (χ2n) is 4.01. The molecule has 0 radical (unpaired) electrons. The highest BCUT2D eigenvalue weighted by atomic mass is 127. The summed E-state index contributed by atoms with van der Waals surface area (Å²) < 4.78 is 11.1. The van der Waals surface area contributed by atoms with Crippen molar-refractivity contribution in [1.82, 2.24) is 0 Å². The van der Waals surface area contributed by atoms with Crippen LogP contribution in [0.1, 0.15) is 31.7 Å². The van der Waals surface area contributed by atoms with Crippen LogP contribution in [0.25, 0.3) is 0 Å². The Morgan fingerprint density at radius 2 is 1.63 bits per heavy atom. The summed E-state index contributed by atoms with van der Waals surface area (Å²) in [6.07, 6.45) is 0.918. The zero-order chi connectivity index (χ0) is 14.1. The highest BCUT2D eigenvalue weighted by Gasteiger charge is 2.09. The molecule has 4 nitrogen and oxygen atoms in total. The second-order valence-corrected chi connectivity index (χ2v) is 5.25. The van der Waals surface area contributed by atoms with Crippen LogP contribution in [-0.2, 0) is 25.7 Å². The topological polar surface area (TPSA) is 52.6 Å². The van der Waals surface area contributed by atoms with E-state index in [9.17, 15) is 9.59 Å². The molecule has 0 aromatic heterocycles. The maximum absolute atomic E-state index is 11.4. The van der Waals surface area contributed by atoms with E-state index in [0.29, 0.717) is 6.61 Å². The van der Waals surface area contributed by atoms with Gasteiger partial charge in [0.05, 0.1) is 19.4 Å². The predicted molar refractivity (Wildman–Crippen MR) is 79.4 cm³/mol. The minimum absolute atomic E-state index is 0.0624. The molecule has 19 heavy (non-hydrogen) atoms. The highest BCUT2D eigenvalue weighted by Crippen LogP contribution is 2.08. The van der Waals surface area contributed by atoms with Gasteiger partial charge in [-0.05, 0) is 46.7 Å². The van der Waals surface area contributed by atoms with Gasteiger partial charge in [-0.3, -0.25) is 9.59 Å². The molecule has 0 atom stereocenters. The number of carbonyl (C=O) groups is 2. The van der Waals surface area contributed by atoms with Crippen molar-refractivity contribution in [2.24, 2.45) is 0 Å². The Balaban J connectivity index is 2.21. The first-order chi connectivity index (χ1) is 9.11. The molecule has 0 bridgehead atoms. The summed E-state index contributed by atoms with van der Waals surface area (Å²) in [5, 5.41) is 0. The third-order valence-electron chi connectivity index (χ3n) is 2.31. The van der Waals surface area contributed by atoms with Crippen LogP contribution in [0.15, 0.2) is 24.3 Å². The third kappa shape index (κ3) is 7.15. The fourth-order valence-corrected chi connectivity index (χ4v) is 1.67. The molecule has 1 aromatic rings. The fourth-order valence-electron chi connectivity index (χ4n) is 1.31. The fraction of sp³-hybridized carbons (Fsp3) is 0.429. The average Bonchev–Trinajstić information content (AvgIpc) is 2.42. The molecule has 1 rings (SSSR count). The van der Waals surface area contributed by atoms with Crippen LogP contribution in [0.3, 0.4) is 0 Å². The normalized spacial score (nSPS) is 10.0. The number of carbonyl (C=O) groups excluding carboxylic acids is 2. The van der Waals surface area contributed by atoms with Crippen LogP contribution in [0, 0.1) is 3.57 Å². The van der Waals surface area contributed by atoms with Gasteiger partial charge < -0.3 is 9.47 Å². The molecule has 0 heterocycles.